The van der Waals surface area contributed by atoms with Gasteiger partial charge in [-0.2, -0.15) is 0 Å². The first kappa shape index (κ1) is 14.7. The van der Waals surface area contributed by atoms with E-state index in [-0.39, 0.29) is 4.90 Å². The predicted octanol–water partition coefficient (Wildman–Crippen LogP) is 2.47. The fourth-order valence-corrected chi connectivity index (χ4v) is 3.24. The predicted molar refractivity (Wildman–Crippen MR) is 81.1 cm³/mol. The van der Waals surface area contributed by atoms with Gasteiger partial charge in [0, 0.05) is 23.4 Å². The van der Waals surface area contributed by atoms with Crippen LogP contribution in [0.2, 0.25) is 0 Å². The largest absolute Gasteiger partial charge is 0.369 e. The van der Waals surface area contributed by atoms with Crippen molar-refractivity contribution in [1.29, 1.82) is 0 Å². The summed E-state index contributed by atoms with van der Waals surface area (Å²) in [6.07, 6.45) is 4.56. The minimum Gasteiger partial charge on any atom is -0.369 e. The van der Waals surface area contributed by atoms with Gasteiger partial charge in [0.25, 0.3) is 10.0 Å². The lowest BCUT2D eigenvalue weighted by Gasteiger charge is -2.12. The zero-order valence-corrected chi connectivity index (χ0v) is 13.1. The number of aromatic nitrogens is 2. The molecule has 0 aromatic carbocycles. The molecule has 0 spiro atoms. The Morgan fingerprint density at radius 3 is 2.80 bits per heavy atom. The molecule has 0 radical (unpaired) electrons. The maximum atomic E-state index is 12.4. The zero-order valence-electron chi connectivity index (χ0n) is 10.7. The lowest BCUT2D eigenvalue weighted by molar-refractivity contribution is 0.601. The Kier molecular flexibility index (Phi) is 4.56. The van der Waals surface area contributed by atoms with Crippen LogP contribution in [0.1, 0.15) is 6.92 Å². The number of nitrogens with one attached hydrogen (secondary N) is 2. The van der Waals surface area contributed by atoms with E-state index in [1.165, 1.54) is 12.3 Å². The molecule has 106 valence electrons. The van der Waals surface area contributed by atoms with Crippen LogP contribution in [0.3, 0.4) is 0 Å². The van der Waals surface area contributed by atoms with Crippen molar-refractivity contribution < 1.29 is 8.42 Å². The normalized spacial score (nSPS) is 11.1. The molecular formula is C12H13BrN4O2S. The van der Waals surface area contributed by atoms with Gasteiger partial charge in [0.1, 0.15) is 10.7 Å². The quantitative estimate of drug-likeness (QED) is 0.859. The lowest BCUT2D eigenvalue weighted by Crippen LogP contribution is -2.16. The van der Waals surface area contributed by atoms with Crippen molar-refractivity contribution in [2.75, 3.05) is 16.6 Å². The first-order valence-corrected chi connectivity index (χ1v) is 8.13. The van der Waals surface area contributed by atoms with Crippen molar-refractivity contribution in [2.24, 2.45) is 0 Å². The van der Waals surface area contributed by atoms with Gasteiger partial charge in [0.2, 0.25) is 0 Å². The summed E-state index contributed by atoms with van der Waals surface area (Å²) in [5.74, 6) is 0.312. The molecule has 2 heterocycles. The van der Waals surface area contributed by atoms with Crippen LogP contribution in [0.5, 0.6) is 0 Å². The molecule has 0 aliphatic heterocycles. The second-order valence-corrected chi connectivity index (χ2v) is 6.44. The van der Waals surface area contributed by atoms with E-state index in [2.05, 4.69) is 35.9 Å². The number of anilines is 2. The number of halogens is 1. The summed E-state index contributed by atoms with van der Waals surface area (Å²) >= 11 is 3.23. The third-order valence-corrected chi connectivity index (χ3v) is 4.20. The van der Waals surface area contributed by atoms with Crippen LogP contribution in [-0.4, -0.2) is 24.9 Å². The van der Waals surface area contributed by atoms with Gasteiger partial charge in [-0.05, 0) is 41.1 Å². The molecule has 8 heteroatoms. The smallest absolute Gasteiger partial charge is 0.265 e. The molecule has 0 saturated carbocycles. The molecule has 0 fully saturated rings. The molecule has 0 bridgehead atoms. The third-order valence-electron chi connectivity index (χ3n) is 2.37. The Morgan fingerprint density at radius 2 is 2.15 bits per heavy atom. The molecule has 0 unspecified atom stereocenters. The van der Waals surface area contributed by atoms with Crippen molar-refractivity contribution in [3.63, 3.8) is 0 Å². The van der Waals surface area contributed by atoms with E-state index in [4.69, 9.17) is 0 Å². The van der Waals surface area contributed by atoms with Gasteiger partial charge in [0.15, 0.2) is 0 Å². The summed E-state index contributed by atoms with van der Waals surface area (Å²) in [6, 6.07) is 4.79. The van der Waals surface area contributed by atoms with Crippen molar-refractivity contribution in [3.05, 3.63) is 41.3 Å². The lowest BCUT2D eigenvalue weighted by atomic mass is 10.4. The van der Waals surface area contributed by atoms with E-state index < -0.39 is 10.0 Å². The average molecular weight is 357 g/mol. The highest BCUT2D eigenvalue weighted by Gasteiger charge is 2.20. The fraction of sp³-hybridized carbons (Fsp3) is 0.167. The molecule has 0 saturated heterocycles. The van der Waals surface area contributed by atoms with Crippen molar-refractivity contribution >= 4 is 37.5 Å². The van der Waals surface area contributed by atoms with E-state index in [1.54, 1.807) is 24.5 Å². The molecule has 20 heavy (non-hydrogen) atoms. The molecule has 2 N–H and O–H groups in total. The first-order valence-electron chi connectivity index (χ1n) is 5.85. The third kappa shape index (κ3) is 3.45. The number of rotatable bonds is 5. The van der Waals surface area contributed by atoms with Gasteiger partial charge in [-0.3, -0.25) is 9.71 Å². The van der Waals surface area contributed by atoms with Gasteiger partial charge in [0.05, 0.1) is 11.9 Å². The maximum Gasteiger partial charge on any atom is 0.265 e. The molecule has 0 amide bonds. The zero-order chi connectivity index (χ0) is 14.6. The Hall–Kier alpha value is -1.67. The monoisotopic (exact) mass is 356 g/mol. The van der Waals surface area contributed by atoms with Crippen molar-refractivity contribution in [1.82, 2.24) is 9.97 Å². The van der Waals surface area contributed by atoms with Gasteiger partial charge in [-0.1, -0.05) is 0 Å². The van der Waals surface area contributed by atoms with E-state index in [0.29, 0.717) is 22.5 Å². The molecule has 0 aliphatic rings. The van der Waals surface area contributed by atoms with Crippen LogP contribution in [-0.2, 0) is 10.0 Å². The second kappa shape index (κ2) is 6.19. The highest BCUT2D eigenvalue weighted by atomic mass is 79.9. The first-order chi connectivity index (χ1) is 9.53. The Labute approximate surface area is 125 Å². The molecule has 2 aromatic heterocycles. The highest BCUT2D eigenvalue weighted by Crippen LogP contribution is 2.24. The van der Waals surface area contributed by atoms with E-state index in [1.807, 2.05) is 6.92 Å². The topological polar surface area (TPSA) is 84.0 Å². The van der Waals surface area contributed by atoms with Gasteiger partial charge in [-0.15, -0.1) is 0 Å². The molecule has 0 atom stereocenters. The standard InChI is InChI=1S/C12H13BrN4O2S/c1-2-15-12-11(6-9(13)7-16-12)20(18,19)17-10-4-3-5-14-8-10/h3-8,17H,2H2,1H3,(H,15,16). The summed E-state index contributed by atoms with van der Waals surface area (Å²) < 4.78 is 27.9. The van der Waals surface area contributed by atoms with Crippen molar-refractivity contribution in [2.45, 2.75) is 11.8 Å². The molecule has 6 nitrogen and oxygen atoms in total. The number of hydrogen-bond donors (Lipinski definition) is 2. The van der Waals surface area contributed by atoms with E-state index in [0.717, 1.165) is 0 Å². The Morgan fingerprint density at radius 1 is 1.35 bits per heavy atom. The number of hydrogen-bond acceptors (Lipinski definition) is 5. The minimum atomic E-state index is -3.73. The highest BCUT2D eigenvalue weighted by molar-refractivity contribution is 9.10. The van der Waals surface area contributed by atoms with Crippen LogP contribution < -0.4 is 10.0 Å². The summed E-state index contributed by atoms with van der Waals surface area (Å²) in [7, 11) is -3.73. The Bertz CT molecular complexity index is 692. The molecule has 2 rings (SSSR count). The molecular weight excluding hydrogens is 344 g/mol. The summed E-state index contributed by atoms with van der Waals surface area (Å²) in [5.41, 5.74) is 0.398. The van der Waals surface area contributed by atoms with Crippen molar-refractivity contribution in [3.8, 4) is 0 Å². The summed E-state index contributed by atoms with van der Waals surface area (Å²) in [6.45, 7) is 2.44. The van der Waals surface area contributed by atoms with E-state index in [9.17, 15) is 8.42 Å². The molecule has 2 aromatic rings. The summed E-state index contributed by atoms with van der Waals surface area (Å²) in [5, 5.41) is 2.93. The number of sulfonamides is 1. The van der Waals surface area contributed by atoms with Crippen LogP contribution in [0.25, 0.3) is 0 Å². The van der Waals surface area contributed by atoms with Crippen LogP contribution in [0.15, 0.2) is 46.2 Å². The molecule has 0 aliphatic carbocycles. The SMILES string of the molecule is CCNc1ncc(Br)cc1S(=O)(=O)Nc1cccnc1. The maximum absolute atomic E-state index is 12.4. The van der Waals surface area contributed by atoms with Crippen LogP contribution in [0.4, 0.5) is 11.5 Å². The fourth-order valence-electron chi connectivity index (χ4n) is 1.56. The number of nitrogens with zero attached hydrogens (tertiary/aromatic N) is 2. The second-order valence-electron chi connectivity index (χ2n) is 3.88. The average Bonchev–Trinajstić information content (AvgIpc) is 2.41. The van der Waals surface area contributed by atoms with Gasteiger partial charge < -0.3 is 5.32 Å². The Balaban J connectivity index is 2.41. The summed E-state index contributed by atoms with van der Waals surface area (Å²) in [4.78, 5) is 8.04. The van der Waals surface area contributed by atoms with Gasteiger partial charge in [-0.25, -0.2) is 13.4 Å². The van der Waals surface area contributed by atoms with Crippen LogP contribution >= 0.6 is 15.9 Å². The van der Waals surface area contributed by atoms with E-state index >= 15 is 0 Å². The number of pyridine rings is 2. The minimum absolute atomic E-state index is 0.0811. The van der Waals surface area contributed by atoms with Gasteiger partial charge >= 0.3 is 0 Å². The van der Waals surface area contributed by atoms with Crippen LogP contribution in [0, 0.1) is 0 Å².